The molecule has 1 atom stereocenters. The van der Waals surface area contributed by atoms with E-state index in [1.165, 1.54) is 0 Å². The molecule has 5 heteroatoms. The van der Waals surface area contributed by atoms with Crippen LogP contribution in [0.2, 0.25) is 0 Å². The van der Waals surface area contributed by atoms with E-state index in [1.54, 1.807) is 6.20 Å². The molecule has 0 saturated heterocycles. The van der Waals surface area contributed by atoms with E-state index in [1.807, 2.05) is 23.9 Å². The first-order valence-corrected chi connectivity index (χ1v) is 6.90. The molecular formula is C14H26N4O. The number of carbonyl (C=O) groups is 1. The Kier molecular flexibility index (Phi) is 6.02. The fourth-order valence-corrected chi connectivity index (χ4v) is 2.05. The second-order valence-electron chi connectivity index (χ2n) is 5.90. The minimum Gasteiger partial charge on any atom is -0.352 e. The van der Waals surface area contributed by atoms with Gasteiger partial charge >= 0.3 is 0 Å². The lowest BCUT2D eigenvalue weighted by molar-refractivity contribution is -0.122. The van der Waals surface area contributed by atoms with Crippen LogP contribution in [0.3, 0.4) is 0 Å². The zero-order chi connectivity index (χ0) is 14.3. The molecule has 0 fully saturated rings. The van der Waals surface area contributed by atoms with Gasteiger partial charge in [0.25, 0.3) is 0 Å². The number of nitrogens with zero attached hydrogens (tertiary/aromatic N) is 2. The third-order valence-corrected chi connectivity index (χ3v) is 3.28. The number of aromatic nitrogens is 2. The number of hydrogen-bond donors (Lipinski definition) is 2. The molecule has 1 aromatic rings. The predicted octanol–water partition coefficient (Wildman–Crippen LogP) is 1.54. The first-order valence-electron chi connectivity index (χ1n) is 6.90. The van der Waals surface area contributed by atoms with Crippen molar-refractivity contribution in [2.24, 2.45) is 11.1 Å². The first kappa shape index (κ1) is 15.7. The molecule has 0 spiro atoms. The second kappa shape index (κ2) is 7.28. The largest absolute Gasteiger partial charge is 0.352 e. The average molecular weight is 266 g/mol. The van der Waals surface area contributed by atoms with Crippen molar-refractivity contribution in [2.75, 3.05) is 6.54 Å². The van der Waals surface area contributed by atoms with E-state index in [0.717, 1.165) is 12.8 Å². The van der Waals surface area contributed by atoms with Crippen LogP contribution in [0.5, 0.6) is 0 Å². The van der Waals surface area contributed by atoms with Gasteiger partial charge < -0.3 is 11.1 Å². The van der Waals surface area contributed by atoms with Crippen LogP contribution in [0.25, 0.3) is 0 Å². The number of hydrogen-bond acceptors (Lipinski definition) is 3. The molecule has 1 amide bonds. The molecule has 0 aliphatic carbocycles. The Labute approximate surface area is 115 Å². The number of nitrogens with two attached hydrogens (primary N) is 1. The van der Waals surface area contributed by atoms with Crippen molar-refractivity contribution in [2.45, 2.75) is 52.6 Å². The molecule has 3 N–H and O–H groups in total. The Bertz CT molecular complexity index is 373. The minimum atomic E-state index is 0.0880. The SMILES string of the molecule is CC(Cn1cccn1)NC(=O)CCC(C)(C)CCN. The Morgan fingerprint density at radius 1 is 1.47 bits per heavy atom. The summed E-state index contributed by atoms with van der Waals surface area (Å²) >= 11 is 0. The monoisotopic (exact) mass is 266 g/mol. The van der Waals surface area contributed by atoms with Gasteiger partial charge in [0.1, 0.15) is 0 Å². The number of amides is 1. The van der Waals surface area contributed by atoms with E-state index in [9.17, 15) is 4.79 Å². The van der Waals surface area contributed by atoms with Crippen molar-refractivity contribution in [3.8, 4) is 0 Å². The van der Waals surface area contributed by atoms with Crippen LogP contribution >= 0.6 is 0 Å². The van der Waals surface area contributed by atoms with Gasteiger partial charge in [0.05, 0.1) is 6.54 Å². The summed E-state index contributed by atoms with van der Waals surface area (Å²) in [5.41, 5.74) is 5.70. The summed E-state index contributed by atoms with van der Waals surface area (Å²) in [4.78, 5) is 11.9. The molecule has 0 aromatic carbocycles. The van der Waals surface area contributed by atoms with Crippen molar-refractivity contribution in [1.82, 2.24) is 15.1 Å². The molecule has 0 saturated carbocycles. The van der Waals surface area contributed by atoms with Crippen molar-refractivity contribution < 1.29 is 4.79 Å². The smallest absolute Gasteiger partial charge is 0.220 e. The molecule has 1 aromatic heterocycles. The summed E-state index contributed by atoms with van der Waals surface area (Å²) in [6.45, 7) is 7.67. The number of nitrogens with one attached hydrogen (secondary N) is 1. The first-order chi connectivity index (χ1) is 8.93. The van der Waals surface area contributed by atoms with Gasteiger partial charge in [0, 0.05) is 24.9 Å². The van der Waals surface area contributed by atoms with Gasteiger partial charge in [-0.05, 0) is 37.8 Å². The fourth-order valence-electron chi connectivity index (χ4n) is 2.05. The summed E-state index contributed by atoms with van der Waals surface area (Å²) in [5, 5.41) is 7.13. The van der Waals surface area contributed by atoms with E-state index >= 15 is 0 Å². The van der Waals surface area contributed by atoms with Gasteiger partial charge in [-0.3, -0.25) is 9.48 Å². The predicted molar refractivity (Wildman–Crippen MR) is 76.5 cm³/mol. The van der Waals surface area contributed by atoms with E-state index in [4.69, 9.17) is 5.73 Å². The number of rotatable bonds is 8. The summed E-state index contributed by atoms with van der Waals surface area (Å²) in [5.74, 6) is 0.102. The number of carbonyl (C=O) groups excluding carboxylic acids is 1. The second-order valence-corrected chi connectivity index (χ2v) is 5.90. The topological polar surface area (TPSA) is 72.9 Å². The molecule has 5 nitrogen and oxygen atoms in total. The summed E-state index contributed by atoms with van der Waals surface area (Å²) in [6.07, 6.45) is 6.00. The Balaban J connectivity index is 2.27. The molecule has 0 radical (unpaired) electrons. The van der Waals surface area contributed by atoms with E-state index in [0.29, 0.717) is 19.5 Å². The van der Waals surface area contributed by atoms with Crippen molar-refractivity contribution in [3.05, 3.63) is 18.5 Å². The van der Waals surface area contributed by atoms with Crippen LogP contribution in [0.15, 0.2) is 18.5 Å². The Morgan fingerprint density at radius 3 is 2.79 bits per heavy atom. The van der Waals surface area contributed by atoms with E-state index in [-0.39, 0.29) is 17.4 Å². The quantitative estimate of drug-likeness (QED) is 0.749. The zero-order valence-electron chi connectivity index (χ0n) is 12.2. The van der Waals surface area contributed by atoms with Crippen LogP contribution in [-0.4, -0.2) is 28.3 Å². The van der Waals surface area contributed by atoms with Crippen LogP contribution in [0, 0.1) is 5.41 Å². The third-order valence-electron chi connectivity index (χ3n) is 3.28. The molecule has 1 heterocycles. The lowest BCUT2D eigenvalue weighted by Gasteiger charge is -2.23. The van der Waals surface area contributed by atoms with Crippen LogP contribution in [-0.2, 0) is 11.3 Å². The highest BCUT2D eigenvalue weighted by molar-refractivity contribution is 5.76. The lowest BCUT2D eigenvalue weighted by Crippen LogP contribution is -2.36. The highest BCUT2D eigenvalue weighted by atomic mass is 16.1. The highest BCUT2D eigenvalue weighted by Gasteiger charge is 2.18. The maximum atomic E-state index is 11.9. The summed E-state index contributed by atoms with van der Waals surface area (Å²) in [6, 6.07) is 1.97. The minimum absolute atomic E-state index is 0.0880. The fraction of sp³-hybridized carbons (Fsp3) is 0.714. The van der Waals surface area contributed by atoms with Crippen molar-refractivity contribution >= 4 is 5.91 Å². The molecule has 1 unspecified atom stereocenters. The van der Waals surface area contributed by atoms with Crippen molar-refractivity contribution in [1.29, 1.82) is 0 Å². The van der Waals surface area contributed by atoms with Crippen LogP contribution in [0.4, 0.5) is 0 Å². The zero-order valence-corrected chi connectivity index (χ0v) is 12.2. The van der Waals surface area contributed by atoms with Crippen LogP contribution in [0.1, 0.15) is 40.0 Å². The van der Waals surface area contributed by atoms with Gasteiger partial charge in [-0.15, -0.1) is 0 Å². The third kappa shape index (κ3) is 6.38. The van der Waals surface area contributed by atoms with Crippen LogP contribution < -0.4 is 11.1 Å². The summed E-state index contributed by atoms with van der Waals surface area (Å²) in [7, 11) is 0. The molecular weight excluding hydrogens is 240 g/mol. The van der Waals surface area contributed by atoms with Gasteiger partial charge in [-0.1, -0.05) is 13.8 Å². The average Bonchev–Trinajstić information content (AvgIpc) is 2.79. The van der Waals surface area contributed by atoms with E-state index < -0.39 is 0 Å². The van der Waals surface area contributed by atoms with E-state index in [2.05, 4.69) is 24.3 Å². The molecule has 0 aliphatic rings. The molecule has 1 rings (SSSR count). The highest BCUT2D eigenvalue weighted by Crippen LogP contribution is 2.25. The molecule has 108 valence electrons. The Morgan fingerprint density at radius 2 is 2.21 bits per heavy atom. The normalized spacial score (nSPS) is 13.3. The molecule has 0 bridgehead atoms. The maximum absolute atomic E-state index is 11.9. The Hall–Kier alpha value is -1.36. The summed E-state index contributed by atoms with van der Waals surface area (Å²) < 4.78 is 1.82. The molecule has 0 aliphatic heterocycles. The van der Waals surface area contributed by atoms with Gasteiger partial charge in [-0.25, -0.2) is 0 Å². The standard InChI is InChI=1S/C14H26N4O/c1-12(11-18-10-4-9-16-18)17-13(19)5-6-14(2,3)7-8-15/h4,9-10,12H,5-8,11,15H2,1-3H3,(H,17,19). The van der Waals surface area contributed by atoms with Crippen molar-refractivity contribution in [3.63, 3.8) is 0 Å². The molecule has 19 heavy (non-hydrogen) atoms. The van der Waals surface area contributed by atoms with Gasteiger partial charge in [-0.2, -0.15) is 5.10 Å². The maximum Gasteiger partial charge on any atom is 0.220 e. The van der Waals surface area contributed by atoms with Gasteiger partial charge in [0.2, 0.25) is 5.91 Å². The van der Waals surface area contributed by atoms with Gasteiger partial charge in [0.15, 0.2) is 0 Å². The lowest BCUT2D eigenvalue weighted by atomic mass is 9.84.